The van der Waals surface area contributed by atoms with Gasteiger partial charge in [-0.2, -0.15) is 0 Å². The Bertz CT molecular complexity index is 884. The quantitative estimate of drug-likeness (QED) is 0.852. The van der Waals surface area contributed by atoms with Gasteiger partial charge in [-0.05, 0) is 31.9 Å². The highest BCUT2D eigenvalue weighted by Crippen LogP contribution is 2.59. The summed E-state index contributed by atoms with van der Waals surface area (Å²) in [6, 6.07) is 8.66. The van der Waals surface area contributed by atoms with Gasteiger partial charge in [0.2, 0.25) is 5.91 Å². The van der Waals surface area contributed by atoms with E-state index < -0.39 is 0 Å². The molecule has 1 amide bonds. The van der Waals surface area contributed by atoms with E-state index in [9.17, 15) is 9.90 Å². The summed E-state index contributed by atoms with van der Waals surface area (Å²) < 4.78 is 2.24. The van der Waals surface area contributed by atoms with Crippen molar-refractivity contribution in [2.45, 2.75) is 37.8 Å². The predicted octanol–water partition coefficient (Wildman–Crippen LogP) is 2.05. The molecule has 5 rings (SSSR count). The van der Waals surface area contributed by atoms with Crippen LogP contribution < -0.4 is 5.32 Å². The number of likely N-dealkylation sites (tertiary alicyclic amines) is 1. The van der Waals surface area contributed by atoms with E-state index in [-0.39, 0.29) is 29.4 Å². The molecule has 0 radical (unpaired) electrons. The number of nitrogens with zero attached hydrogens (tertiary/aromatic N) is 3. The predicted molar refractivity (Wildman–Crippen MR) is 107 cm³/mol. The lowest BCUT2D eigenvalue weighted by Crippen LogP contribution is -2.60. The van der Waals surface area contributed by atoms with Gasteiger partial charge in [-0.1, -0.05) is 24.3 Å². The number of aromatic nitrogens is 2. The lowest BCUT2D eigenvalue weighted by molar-refractivity contribution is -0.164. The number of hydrogen-bond donors (Lipinski definition) is 2. The van der Waals surface area contributed by atoms with Crippen molar-refractivity contribution in [3.63, 3.8) is 0 Å². The van der Waals surface area contributed by atoms with E-state index in [0.29, 0.717) is 6.42 Å². The summed E-state index contributed by atoms with van der Waals surface area (Å²) in [5, 5.41) is 14.3. The van der Waals surface area contributed by atoms with Crippen molar-refractivity contribution in [2.24, 2.45) is 11.3 Å². The van der Waals surface area contributed by atoms with Crippen LogP contribution in [0.1, 0.15) is 37.3 Å². The second kappa shape index (κ2) is 6.71. The van der Waals surface area contributed by atoms with Gasteiger partial charge in [-0.25, -0.2) is 4.98 Å². The second-order valence-electron chi connectivity index (χ2n) is 8.63. The van der Waals surface area contributed by atoms with E-state index >= 15 is 0 Å². The van der Waals surface area contributed by atoms with Crippen molar-refractivity contribution in [3.05, 3.63) is 42.4 Å². The number of fused-ring (bicyclic) bond motifs is 3. The first-order valence-electron chi connectivity index (χ1n) is 10.4. The molecule has 2 fully saturated rings. The fourth-order valence-electron chi connectivity index (χ4n) is 5.68. The molecule has 1 aromatic carbocycles. The number of benzene rings is 1. The largest absolute Gasteiger partial charge is 0.392 e. The third-order valence-electron chi connectivity index (χ3n) is 7.30. The molecule has 3 atom stereocenters. The molecule has 148 valence electrons. The van der Waals surface area contributed by atoms with Gasteiger partial charge in [0.25, 0.3) is 0 Å². The number of nitrogens with one attached hydrogen (secondary N) is 1. The summed E-state index contributed by atoms with van der Waals surface area (Å²) in [5.74, 6) is 0.436. The van der Waals surface area contributed by atoms with Gasteiger partial charge in [0, 0.05) is 43.0 Å². The molecule has 1 aliphatic carbocycles. The maximum atomic E-state index is 12.3. The molecular weight excluding hydrogens is 352 g/mol. The minimum absolute atomic E-state index is 0.0251. The molecular formula is C22H28N4O2. The zero-order valence-corrected chi connectivity index (χ0v) is 16.3. The van der Waals surface area contributed by atoms with Crippen molar-refractivity contribution in [1.29, 1.82) is 0 Å². The molecule has 2 aromatic rings. The highest BCUT2D eigenvalue weighted by atomic mass is 16.3. The van der Waals surface area contributed by atoms with E-state index in [4.69, 9.17) is 0 Å². The molecule has 6 heteroatoms. The normalized spacial score (nSPS) is 27.4. The number of rotatable bonds is 4. The van der Waals surface area contributed by atoms with Gasteiger partial charge in [0.1, 0.15) is 0 Å². The smallest absolute Gasteiger partial charge is 0.223 e. The Balaban J connectivity index is 1.30. The summed E-state index contributed by atoms with van der Waals surface area (Å²) in [4.78, 5) is 18.6. The van der Waals surface area contributed by atoms with Crippen molar-refractivity contribution in [3.8, 4) is 11.3 Å². The summed E-state index contributed by atoms with van der Waals surface area (Å²) in [5.41, 5.74) is 3.67. The summed E-state index contributed by atoms with van der Waals surface area (Å²) in [6.45, 7) is 2.26. The van der Waals surface area contributed by atoms with E-state index in [0.717, 1.165) is 44.6 Å². The number of amides is 1. The molecule has 3 heterocycles. The van der Waals surface area contributed by atoms with Crippen molar-refractivity contribution in [1.82, 2.24) is 19.8 Å². The molecule has 0 bridgehead atoms. The molecule has 2 N–H and O–H groups in total. The number of hydrogen-bond acceptors (Lipinski definition) is 4. The molecule has 3 aliphatic rings. The first-order valence-corrected chi connectivity index (χ1v) is 10.4. The molecule has 6 nitrogen and oxygen atoms in total. The fourth-order valence-corrected chi connectivity index (χ4v) is 5.68. The minimum atomic E-state index is -0.325. The number of piperidine rings is 1. The van der Waals surface area contributed by atoms with Crippen LogP contribution in [-0.4, -0.2) is 58.3 Å². The Kier molecular flexibility index (Phi) is 4.29. The number of carbonyl (C=O) groups is 1. The van der Waals surface area contributed by atoms with Gasteiger partial charge < -0.3 is 19.9 Å². The summed E-state index contributed by atoms with van der Waals surface area (Å²) in [6.07, 6.45) is 6.88. The number of imidazole rings is 1. The van der Waals surface area contributed by atoms with Crippen LogP contribution in [0, 0.1) is 11.3 Å². The number of carbonyl (C=O) groups excluding carboxylic acids is 1. The monoisotopic (exact) mass is 380 g/mol. The zero-order chi connectivity index (χ0) is 19.3. The average molecular weight is 380 g/mol. The third-order valence-corrected chi connectivity index (χ3v) is 7.30. The van der Waals surface area contributed by atoms with Crippen molar-refractivity contribution in [2.75, 3.05) is 26.7 Å². The lowest BCUT2D eigenvalue weighted by Gasteiger charge is -2.58. The van der Waals surface area contributed by atoms with Crippen LogP contribution in [0.15, 0.2) is 36.8 Å². The van der Waals surface area contributed by atoms with Crippen molar-refractivity contribution >= 4 is 5.91 Å². The summed E-state index contributed by atoms with van der Waals surface area (Å²) >= 11 is 0. The Morgan fingerprint density at radius 1 is 1.32 bits per heavy atom. The Morgan fingerprint density at radius 2 is 2.11 bits per heavy atom. The van der Waals surface area contributed by atoms with Gasteiger partial charge in [-0.15, -0.1) is 0 Å². The minimum Gasteiger partial charge on any atom is -0.392 e. The average Bonchev–Trinajstić information content (AvgIpc) is 3.32. The van der Waals surface area contributed by atoms with Crippen LogP contribution >= 0.6 is 0 Å². The Labute approximate surface area is 165 Å². The fraction of sp³-hybridized carbons (Fsp3) is 0.545. The van der Waals surface area contributed by atoms with Crippen LogP contribution in [-0.2, 0) is 4.79 Å². The molecule has 2 aliphatic heterocycles. The molecule has 28 heavy (non-hydrogen) atoms. The maximum Gasteiger partial charge on any atom is 0.223 e. The molecule has 1 aromatic heterocycles. The zero-order valence-electron chi connectivity index (χ0n) is 16.3. The molecule has 1 saturated heterocycles. The topological polar surface area (TPSA) is 70.4 Å². The Morgan fingerprint density at radius 3 is 2.86 bits per heavy atom. The van der Waals surface area contributed by atoms with E-state index in [1.54, 1.807) is 0 Å². The van der Waals surface area contributed by atoms with Crippen LogP contribution in [0.25, 0.3) is 11.3 Å². The number of aliphatic hydroxyl groups excluding tert-OH is 1. The summed E-state index contributed by atoms with van der Waals surface area (Å²) in [7, 11) is 1.87. The highest BCUT2D eigenvalue weighted by molar-refractivity contribution is 5.76. The SMILES string of the molecule is CNCCC(=O)N1CCC2(CC1)C[C@@H]([C@H]1c3ccccc3-c3cncn31)[C@H]2O. The first-order chi connectivity index (χ1) is 13.6. The molecule has 1 spiro atoms. The van der Waals surface area contributed by atoms with Gasteiger partial charge in [0.05, 0.1) is 30.4 Å². The standard InChI is InChI=1S/C22H28N4O2/c1-23-9-6-19(27)25-10-7-22(8-11-25)12-17(21(22)28)20-16-5-3-2-4-15(16)18-13-24-14-26(18)20/h2-5,13-14,17,20-21,23,28H,6-12H2,1H3/t17-,20+,21+/m0/s1. The van der Waals surface area contributed by atoms with Crippen LogP contribution in [0.3, 0.4) is 0 Å². The van der Waals surface area contributed by atoms with Crippen LogP contribution in [0.2, 0.25) is 0 Å². The van der Waals surface area contributed by atoms with Gasteiger partial charge >= 0.3 is 0 Å². The molecule has 1 saturated carbocycles. The van der Waals surface area contributed by atoms with Gasteiger partial charge in [-0.3, -0.25) is 4.79 Å². The first kappa shape index (κ1) is 17.9. The van der Waals surface area contributed by atoms with Gasteiger partial charge in [0.15, 0.2) is 0 Å². The maximum absolute atomic E-state index is 12.3. The van der Waals surface area contributed by atoms with Crippen molar-refractivity contribution < 1.29 is 9.90 Å². The molecule has 0 unspecified atom stereocenters. The second-order valence-corrected chi connectivity index (χ2v) is 8.63. The van der Waals surface area contributed by atoms with E-state index in [2.05, 4.69) is 39.1 Å². The number of aliphatic hydroxyl groups is 1. The third kappa shape index (κ3) is 2.54. The van der Waals surface area contributed by atoms with E-state index in [1.165, 1.54) is 11.1 Å². The van der Waals surface area contributed by atoms with E-state index in [1.807, 2.05) is 24.5 Å². The lowest BCUT2D eigenvalue weighted by atomic mass is 9.53. The van der Waals surface area contributed by atoms with Crippen LogP contribution in [0.4, 0.5) is 0 Å². The Hall–Kier alpha value is -2.18. The van der Waals surface area contributed by atoms with Crippen LogP contribution in [0.5, 0.6) is 0 Å². The highest BCUT2D eigenvalue weighted by Gasteiger charge is 2.58.